The van der Waals surface area contributed by atoms with E-state index in [4.69, 9.17) is 4.74 Å². The summed E-state index contributed by atoms with van der Waals surface area (Å²) in [5.74, 6) is 0.448. The van der Waals surface area contributed by atoms with E-state index in [-0.39, 0.29) is 11.8 Å². The van der Waals surface area contributed by atoms with Gasteiger partial charge in [-0.15, -0.1) is 0 Å². The number of anilines is 1. The SMILES string of the molecule is CC(C)CNC(=O)c1c(NC(=O)c2cccc(COc3cccc(Br)c3)c2)cnn1C. The predicted octanol–water partition coefficient (Wildman–Crippen LogP) is 4.40. The van der Waals surface area contributed by atoms with Gasteiger partial charge in [0.1, 0.15) is 18.1 Å². The minimum Gasteiger partial charge on any atom is -0.489 e. The molecule has 0 fully saturated rings. The third-order valence-electron chi connectivity index (χ3n) is 4.46. The smallest absolute Gasteiger partial charge is 0.271 e. The van der Waals surface area contributed by atoms with Crippen LogP contribution in [-0.4, -0.2) is 28.1 Å². The van der Waals surface area contributed by atoms with Gasteiger partial charge in [0.2, 0.25) is 0 Å². The Bertz CT molecular complexity index is 1080. The summed E-state index contributed by atoms with van der Waals surface area (Å²) < 4.78 is 8.18. The lowest BCUT2D eigenvalue weighted by atomic mass is 10.1. The van der Waals surface area contributed by atoms with Gasteiger partial charge in [0.15, 0.2) is 0 Å². The van der Waals surface area contributed by atoms with E-state index in [0.29, 0.717) is 36.0 Å². The number of nitrogens with zero attached hydrogens (tertiary/aromatic N) is 2. The van der Waals surface area contributed by atoms with Crippen molar-refractivity contribution in [3.8, 4) is 5.75 Å². The fourth-order valence-corrected chi connectivity index (χ4v) is 3.28. The summed E-state index contributed by atoms with van der Waals surface area (Å²) >= 11 is 3.42. The highest BCUT2D eigenvalue weighted by atomic mass is 79.9. The van der Waals surface area contributed by atoms with Crippen molar-refractivity contribution in [2.75, 3.05) is 11.9 Å². The second-order valence-electron chi connectivity index (χ2n) is 7.53. The normalized spacial score (nSPS) is 10.7. The van der Waals surface area contributed by atoms with E-state index in [1.807, 2.05) is 44.2 Å². The van der Waals surface area contributed by atoms with E-state index in [2.05, 4.69) is 31.7 Å². The minimum absolute atomic E-state index is 0.278. The first-order valence-electron chi connectivity index (χ1n) is 9.92. The molecule has 0 spiro atoms. The average molecular weight is 485 g/mol. The summed E-state index contributed by atoms with van der Waals surface area (Å²) in [4.78, 5) is 25.3. The Hall–Kier alpha value is -3.13. The number of carbonyl (C=O) groups excluding carboxylic acids is 2. The zero-order chi connectivity index (χ0) is 22.4. The molecule has 2 N–H and O–H groups in total. The maximum Gasteiger partial charge on any atom is 0.271 e. The number of nitrogens with one attached hydrogen (secondary N) is 2. The molecule has 0 unspecified atom stereocenters. The van der Waals surface area contributed by atoms with Crippen LogP contribution < -0.4 is 15.4 Å². The van der Waals surface area contributed by atoms with Crippen LogP contribution in [0.4, 0.5) is 5.69 Å². The number of hydrogen-bond donors (Lipinski definition) is 2. The maximum absolute atomic E-state index is 12.8. The molecule has 0 radical (unpaired) electrons. The average Bonchev–Trinajstić information content (AvgIpc) is 3.10. The van der Waals surface area contributed by atoms with Gasteiger partial charge in [0, 0.05) is 23.6 Å². The van der Waals surface area contributed by atoms with E-state index in [9.17, 15) is 9.59 Å². The summed E-state index contributed by atoms with van der Waals surface area (Å²) in [6.07, 6.45) is 1.47. The van der Waals surface area contributed by atoms with Gasteiger partial charge in [0.25, 0.3) is 11.8 Å². The number of aryl methyl sites for hydroxylation is 1. The van der Waals surface area contributed by atoms with Crippen LogP contribution in [0.1, 0.15) is 40.3 Å². The van der Waals surface area contributed by atoms with Crippen molar-refractivity contribution in [3.63, 3.8) is 0 Å². The molecule has 3 aromatic rings. The molecule has 0 bridgehead atoms. The Morgan fingerprint density at radius 2 is 1.90 bits per heavy atom. The number of halogens is 1. The van der Waals surface area contributed by atoms with Crippen molar-refractivity contribution in [2.24, 2.45) is 13.0 Å². The van der Waals surface area contributed by atoms with Crippen LogP contribution in [0, 0.1) is 5.92 Å². The molecule has 3 rings (SSSR count). The number of benzene rings is 2. The lowest BCUT2D eigenvalue weighted by Crippen LogP contribution is -2.30. The van der Waals surface area contributed by atoms with Crippen molar-refractivity contribution in [2.45, 2.75) is 20.5 Å². The molecule has 7 nitrogen and oxygen atoms in total. The third kappa shape index (κ3) is 6.18. The van der Waals surface area contributed by atoms with Crippen LogP contribution in [0.25, 0.3) is 0 Å². The van der Waals surface area contributed by atoms with Crippen LogP contribution in [0.15, 0.2) is 59.2 Å². The molecule has 0 saturated heterocycles. The number of aromatic nitrogens is 2. The number of hydrogen-bond acceptors (Lipinski definition) is 4. The van der Waals surface area contributed by atoms with Gasteiger partial charge in [-0.3, -0.25) is 14.3 Å². The largest absolute Gasteiger partial charge is 0.489 e. The third-order valence-corrected chi connectivity index (χ3v) is 4.96. The number of carbonyl (C=O) groups is 2. The number of rotatable bonds is 8. The summed E-state index contributed by atoms with van der Waals surface area (Å²) in [5.41, 5.74) is 1.99. The molecule has 0 aliphatic rings. The van der Waals surface area contributed by atoms with Crippen LogP contribution in [0.3, 0.4) is 0 Å². The second kappa shape index (κ2) is 10.3. The highest BCUT2D eigenvalue weighted by Gasteiger charge is 2.19. The van der Waals surface area contributed by atoms with Crippen LogP contribution >= 0.6 is 15.9 Å². The van der Waals surface area contributed by atoms with Gasteiger partial charge in [0.05, 0.1) is 11.9 Å². The van der Waals surface area contributed by atoms with E-state index < -0.39 is 0 Å². The zero-order valence-corrected chi connectivity index (χ0v) is 19.3. The molecule has 0 atom stereocenters. The van der Waals surface area contributed by atoms with Gasteiger partial charge >= 0.3 is 0 Å². The van der Waals surface area contributed by atoms with E-state index in [1.165, 1.54) is 10.9 Å². The molecule has 1 aromatic heterocycles. The van der Waals surface area contributed by atoms with Crippen LogP contribution in [0.5, 0.6) is 5.75 Å². The van der Waals surface area contributed by atoms with Crippen molar-refractivity contribution in [3.05, 3.63) is 76.0 Å². The quantitative estimate of drug-likeness (QED) is 0.496. The lowest BCUT2D eigenvalue weighted by molar-refractivity contribution is 0.0940. The van der Waals surface area contributed by atoms with Gasteiger partial charge in [-0.05, 0) is 41.8 Å². The molecule has 0 aliphatic carbocycles. The predicted molar refractivity (Wildman–Crippen MR) is 123 cm³/mol. The first-order valence-corrected chi connectivity index (χ1v) is 10.7. The monoisotopic (exact) mass is 484 g/mol. The van der Waals surface area contributed by atoms with Gasteiger partial charge < -0.3 is 15.4 Å². The number of ether oxygens (including phenoxy) is 1. The van der Waals surface area contributed by atoms with Crippen LogP contribution in [-0.2, 0) is 13.7 Å². The first-order chi connectivity index (χ1) is 14.8. The van der Waals surface area contributed by atoms with E-state index in [0.717, 1.165) is 15.8 Å². The van der Waals surface area contributed by atoms with Crippen LogP contribution in [0.2, 0.25) is 0 Å². The fourth-order valence-electron chi connectivity index (χ4n) is 2.90. The molecular formula is C23H25BrN4O3. The standard InChI is InChI=1S/C23H25BrN4O3/c1-15(2)12-25-23(30)21-20(13-26-28(21)3)27-22(29)17-7-4-6-16(10-17)14-31-19-9-5-8-18(24)11-19/h4-11,13,15H,12,14H2,1-3H3,(H,25,30)(H,27,29). The Morgan fingerprint density at radius 3 is 2.65 bits per heavy atom. The summed E-state index contributed by atoms with van der Waals surface area (Å²) in [6, 6.07) is 14.7. The molecule has 8 heteroatoms. The Morgan fingerprint density at radius 1 is 1.13 bits per heavy atom. The van der Waals surface area contributed by atoms with Gasteiger partial charge in [-0.2, -0.15) is 5.10 Å². The minimum atomic E-state index is -0.324. The molecule has 162 valence electrons. The second-order valence-corrected chi connectivity index (χ2v) is 8.45. The molecule has 0 saturated carbocycles. The van der Waals surface area contributed by atoms with Crippen molar-refractivity contribution < 1.29 is 14.3 Å². The van der Waals surface area contributed by atoms with Gasteiger partial charge in [-0.25, -0.2) is 0 Å². The van der Waals surface area contributed by atoms with Gasteiger partial charge in [-0.1, -0.05) is 48.0 Å². The van der Waals surface area contributed by atoms with E-state index >= 15 is 0 Å². The zero-order valence-electron chi connectivity index (χ0n) is 17.7. The molecule has 2 amide bonds. The molecule has 0 aliphatic heterocycles. The molecule has 2 aromatic carbocycles. The number of amides is 2. The van der Waals surface area contributed by atoms with Crippen molar-refractivity contribution in [1.29, 1.82) is 0 Å². The molecule has 1 heterocycles. The fraction of sp³-hybridized carbons (Fsp3) is 0.261. The topological polar surface area (TPSA) is 85.2 Å². The lowest BCUT2D eigenvalue weighted by Gasteiger charge is -2.11. The summed E-state index contributed by atoms with van der Waals surface area (Å²) in [5, 5.41) is 9.76. The van der Waals surface area contributed by atoms with E-state index in [1.54, 1.807) is 25.2 Å². The van der Waals surface area contributed by atoms with Crippen molar-refractivity contribution in [1.82, 2.24) is 15.1 Å². The Balaban J connectivity index is 1.69. The molecule has 31 heavy (non-hydrogen) atoms. The maximum atomic E-state index is 12.8. The highest BCUT2D eigenvalue weighted by molar-refractivity contribution is 9.10. The Labute approximate surface area is 189 Å². The first kappa shape index (κ1) is 22.6. The molecular weight excluding hydrogens is 460 g/mol. The summed E-state index contributed by atoms with van der Waals surface area (Å²) in [6.45, 7) is 4.89. The Kier molecular flexibility index (Phi) is 7.46. The van der Waals surface area contributed by atoms with Crippen molar-refractivity contribution >= 4 is 33.4 Å². The summed E-state index contributed by atoms with van der Waals surface area (Å²) in [7, 11) is 1.67. The highest BCUT2D eigenvalue weighted by Crippen LogP contribution is 2.20.